The van der Waals surface area contributed by atoms with Crippen molar-refractivity contribution in [3.05, 3.63) is 47.2 Å². The molecule has 1 aliphatic rings. The van der Waals surface area contributed by atoms with Crippen LogP contribution in [0.15, 0.2) is 22.6 Å². The molecular formula is C18H22F2N2O2. The zero-order valence-corrected chi connectivity index (χ0v) is 14.2. The summed E-state index contributed by atoms with van der Waals surface area (Å²) >= 11 is 0. The molecule has 2 heterocycles. The number of nitrogens with zero attached hydrogens (tertiary/aromatic N) is 2. The molecule has 6 heteroatoms. The van der Waals surface area contributed by atoms with E-state index in [1.54, 1.807) is 6.07 Å². The van der Waals surface area contributed by atoms with Crippen molar-refractivity contribution < 1.29 is 17.9 Å². The first kappa shape index (κ1) is 17.0. The Morgan fingerprint density at radius 3 is 2.71 bits per heavy atom. The Kier molecular flexibility index (Phi) is 4.67. The van der Waals surface area contributed by atoms with Gasteiger partial charge in [0.2, 0.25) is 11.8 Å². The molecule has 130 valence electrons. The van der Waals surface area contributed by atoms with E-state index in [-0.39, 0.29) is 17.4 Å². The molecule has 0 bridgehead atoms. The van der Waals surface area contributed by atoms with Crippen LogP contribution in [-0.4, -0.2) is 22.9 Å². The summed E-state index contributed by atoms with van der Waals surface area (Å²) in [7, 11) is 0. The normalized spacial score (nSPS) is 21.4. The Morgan fingerprint density at radius 2 is 1.96 bits per heavy atom. The lowest BCUT2D eigenvalue weighted by molar-refractivity contribution is 0.0170. The smallest absolute Gasteiger partial charge is 0.222 e. The minimum Gasteiger partial charge on any atom is -0.425 e. The first-order valence-corrected chi connectivity index (χ1v) is 8.23. The molecule has 1 aromatic carbocycles. The first-order valence-electron chi connectivity index (χ1n) is 8.23. The summed E-state index contributed by atoms with van der Waals surface area (Å²) in [6.07, 6.45) is 1.57. The highest BCUT2D eigenvalue weighted by Crippen LogP contribution is 2.40. The van der Waals surface area contributed by atoms with Crippen LogP contribution in [0.4, 0.5) is 8.78 Å². The zero-order valence-electron chi connectivity index (χ0n) is 14.2. The van der Waals surface area contributed by atoms with Crippen molar-refractivity contribution in [3.8, 4) is 0 Å². The van der Waals surface area contributed by atoms with Gasteiger partial charge < -0.3 is 9.15 Å². The summed E-state index contributed by atoms with van der Waals surface area (Å²) < 4.78 is 38.5. The van der Waals surface area contributed by atoms with Crippen LogP contribution in [0.2, 0.25) is 0 Å². The predicted octanol–water partition coefficient (Wildman–Crippen LogP) is 4.05. The second-order valence-corrected chi connectivity index (χ2v) is 7.30. The molecule has 0 saturated carbocycles. The van der Waals surface area contributed by atoms with Crippen molar-refractivity contribution in [2.24, 2.45) is 5.41 Å². The summed E-state index contributed by atoms with van der Waals surface area (Å²) in [5, 5.41) is 8.21. The molecule has 4 nitrogen and oxygen atoms in total. The van der Waals surface area contributed by atoms with Gasteiger partial charge in [-0.25, -0.2) is 8.78 Å². The Labute approximate surface area is 140 Å². The third kappa shape index (κ3) is 3.48. The quantitative estimate of drug-likeness (QED) is 0.845. The van der Waals surface area contributed by atoms with Crippen LogP contribution >= 0.6 is 0 Å². The second-order valence-electron chi connectivity index (χ2n) is 7.30. The number of ether oxygens (including phenoxy) is 1. The van der Waals surface area contributed by atoms with E-state index >= 15 is 0 Å². The number of aryl methyl sites for hydroxylation is 2. The predicted molar refractivity (Wildman–Crippen MR) is 84.6 cm³/mol. The molecule has 2 atom stereocenters. The zero-order chi connectivity index (χ0) is 17.3. The van der Waals surface area contributed by atoms with Crippen molar-refractivity contribution in [2.45, 2.75) is 52.1 Å². The maximum absolute atomic E-state index is 13.7. The molecule has 0 N–H and O–H groups in total. The molecule has 3 rings (SSSR count). The molecule has 0 aliphatic carbocycles. The first-order chi connectivity index (χ1) is 11.4. The fraction of sp³-hybridized carbons (Fsp3) is 0.556. The highest BCUT2D eigenvalue weighted by molar-refractivity contribution is 5.19. The number of hydrogen-bond acceptors (Lipinski definition) is 4. The lowest BCUT2D eigenvalue weighted by Crippen LogP contribution is -2.30. The molecule has 0 spiro atoms. The lowest BCUT2D eigenvalue weighted by atomic mass is 9.81. The maximum atomic E-state index is 13.7. The van der Waals surface area contributed by atoms with Gasteiger partial charge in [0.15, 0.2) is 11.6 Å². The summed E-state index contributed by atoms with van der Waals surface area (Å²) in [6, 6.07) is 4.17. The van der Waals surface area contributed by atoms with E-state index in [9.17, 15) is 8.78 Å². The number of rotatable bonds is 4. The van der Waals surface area contributed by atoms with Crippen LogP contribution in [-0.2, 0) is 17.6 Å². The van der Waals surface area contributed by atoms with E-state index in [4.69, 9.17) is 9.15 Å². The molecule has 1 aromatic heterocycles. The van der Waals surface area contributed by atoms with E-state index in [2.05, 4.69) is 31.0 Å². The minimum atomic E-state index is -0.838. The molecular weight excluding hydrogens is 314 g/mol. The van der Waals surface area contributed by atoms with Gasteiger partial charge in [-0.15, -0.1) is 10.2 Å². The van der Waals surface area contributed by atoms with Gasteiger partial charge in [0, 0.05) is 13.0 Å². The standard InChI is InChI=1S/C18H22F2N2O2/c1-18(2,3)16-12(9-10-23-16)17-22-21-14(24-17)8-7-11-5-4-6-13(19)15(11)20/h4-6,12,16H,7-10H2,1-3H3/t12-,16-/m0/s1. The highest BCUT2D eigenvalue weighted by Gasteiger charge is 2.41. The number of aromatic nitrogens is 2. The Bertz CT molecular complexity index is 709. The van der Waals surface area contributed by atoms with Gasteiger partial charge in [-0.2, -0.15) is 0 Å². The van der Waals surface area contributed by atoms with Crippen LogP contribution in [0.1, 0.15) is 50.5 Å². The highest BCUT2D eigenvalue weighted by atomic mass is 19.2. The topological polar surface area (TPSA) is 48.2 Å². The average molecular weight is 336 g/mol. The van der Waals surface area contributed by atoms with Crippen LogP contribution in [0.5, 0.6) is 0 Å². The van der Waals surface area contributed by atoms with E-state index in [0.717, 1.165) is 12.5 Å². The summed E-state index contributed by atoms with van der Waals surface area (Å²) in [5.41, 5.74) is 0.298. The average Bonchev–Trinajstić information content (AvgIpc) is 3.16. The molecule has 1 fully saturated rings. The van der Waals surface area contributed by atoms with Crippen molar-refractivity contribution in [2.75, 3.05) is 6.61 Å². The minimum absolute atomic E-state index is 0.0134. The Morgan fingerprint density at radius 1 is 1.17 bits per heavy atom. The second kappa shape index (κ2) is 6.59. The summed E-state index contributed by atoms with van der Waals surface area (Å²) in [6.45, 7) is 7.05. The number of benzene rings is 1. The Balaban J connectivity index is 1.69. The third-order valence-corrected chi connectivity index (χ3v) is 4.38. The molecule has 2 aromatic rings. The van der Waals surface area contributed by atoms with Gasteiger partial charge in [0.05, 0.1) is 12.0 Å². The largest absolute Gasteiger partial charge is 0.425 e. The summed E-state index contributed by atoms with van der Waals surface area (Å²) in [5.74, 6) is -0.559. The van der Waals surface area contributed by atoms with Gasteiger partial charge in [0.1, 0.15) is 0 Å². The fourth-order valence-electron chi connectivity index (χ4n) is 3.20. The van der Waals surface area contributed by atoms with Gasteiger partial charge in [-0.3, -0.25) is 0 Å². The van der Waals surface area contributed by atoms with Gasteiger partial charge >= 0.3 is 0 Å². The van der Waals surface area contributed by atoms with Crippen molar-refractivity contribution in [1.82, 2.24) is 10.2 Å². The molecule has 0 unspecified atom stereocenters. The lowest BCUT2D eigenvalue weighted by Gasteiger charge is -2.29. The van der Waals surface area contributed by atoms with Crippen molar-refractivity contribution in [3.63, 3.8) is 0 Å². The maximum Gasteiger partial charge on any atom is 0.222 e. The van der Waals surface area contributed by atoms with E-state index < -0.39 is 11.6 Å². The molecule has 1 aliphatic heterocycles. The number of hydrogen-bond donors (Lipinski definition) is 0. The molecule has 0 radical (unpaired) electrons. The molecule has 0 amide bonds. The number of halogens is 2. The van der Waals surface area contributed by atoms with Gasteiger partial charge in [0.25, 0.3) is 0 Å². The summed E-state index contributed by atoms with van der Waals surface area (Å²) in [4.78, 5) is 0. The van der Waals surface area contributed by atoms with Gasteiger partial charge in [-0.1, -0.05) is 32.9 Å². The monoisotopic (exact) mass is 336 g/mol. The van der Waals surface area contributed by atoms with Crippen LogP contribution in [0, 0.1) is 17.0 Å². The van der Waals surface area contributed by atoms with Crippen LogP contribution in [0.25, 0.3) is 0 Å². The Hall–Kier alpha value is -1.82. The van der Waals surface area contributed by atoms with Crippen molar-refractivity contribution >= 4 is 0 Å². The third-order valence-electron chi connectivity index (χ3n) is 4.38. The van der Waals surface area contributed by atoms with E-state index in [0.29, 0.717) is 36.8 Å². The van der Waals surface area contributed by atoms with E-state index in [1.165, 1.54) is 6.07 Å². The van der Waals surface area contributed by atoms with Crippen molar-refractivity contribution in [1.29, 1.82) is 0 Å². The van der Waals surface area contributed by atoms with E-state index in [1.807, 2.05) is 0 Å². The molecule has 1 saturated heterocycles. The van der Waals surface area contributed by atoms with Crippen LogP contribution < -0.4 is 0 Å². The SMILES string of the molecule is CC(C)(C)[C@H]1OCC[C@@H]1c1nnc(CCc2cccc(F)c2F)o1. The van der Waals surface area contributed by atoms with Crippen LogP contribution in [0.3, 0.4) is 0 Å². The van der Waals surface area contributed by atoms with Gasteiger partial charge in [-0.05, 0) is 29.9 Å². The molecule has 24 heavy (non-hydrogen) atoms. The fourth-order valence-corrected chi connectivity index (χ4v) is 3.20.